The number of amides is 1. The van der Waals surface area contributed by atoms with Crippen LogP contribution in [0.4, 0.5) is 4.39 Å². The molecule has 4 N–H and O–H groups in total. The summed E-state index contributed by atoms with van der Waals surface area (Å²) in [5, 5.41) is 26.2. The lowest BCUT2D eigenvalue weighted by Gasteiger charge is -2.33. The van der Waals surface area contributed by atoms with E-state index < -0.39 is 17.5 Å². The van der Waals surface area contributed by atoms with Crippen molar-refractivity contribution in [2.45, 2.75) is 19.0 Å². The number of rotatable bonds is 7. The first-order chi connectivity index (χ1) is 16.0. The third-order valence-electron chi connectivity index (χ3n) is 5.60. The number of benzene rings is 2. The van der Waals surface area contributed by atoms with Crippen LogP contribution in [-0.2, 0) is 13.0 Å². The van der Waals surface area contributed by atoms with Gasteiger partial charge in [0.15, 0.2) is 11.5 Å². The molecule has 1 aliphatic heterocycles. The Labute approximate surface area is 191 Å². The highest BCUT2D eigenvalue weighted by atomic mass is 19.1. The number of halogens is 1. The first-order valence-corrected chi connectivity index (χ1v) is 10.8. The van der Waals surface area contributed by atoms with E-state index in [1.807, 2.05) is 18.2 Å². The number of nitrogens with one attached hydrogen (secondary N) is 2. The summed E-state index contributed by atoms with van der Waals surface area (Å²) >= 11 is 0. The molecule has 2 heterocycles. The fraction of sp³-hybridized carbons (Fsp3) is 0.292. The predicted octanol–water partition coefficient (Wildman–Crippen LogP) is 2.15. The maximum absolute atomic E-state index is 13.1. The Morgan fingerprint density at radius 1 is 1.09 bits per heavy atom. The van der Waals surface area contributed by atoms with E-state index in [9.17, 15) is 19.4 Å². The largest absolute Gasteiger partial charge is 0.501 e. The standard InChI is InChI=1S/C24H26FN5O3/c25-18-8-6-17(7-9-18)14-27-23(32)20-21(31)24(33)29-22(28-20)19-15-30(13-11-26-19)12-10-16-4-2-1-3-5-16/h1-9,19,26,31H,10-15H2,(H,27,32)(H,28,29,33). The van der Waals surface area contributed by atoms with Crippen molar-refractivity contribution in [1.82, 2.24) is 25.5 Å². The minimum Gasteiger partial charge on any atom is -0.501 e. The molecule has 0 radical (unpaired) electrons. The third kappa shape index (κ3) is 5.82. The highest BCUT2D eigenvalue weighted by Crippen LogP contribution is 2.28. The normalized spacial score (nSPS) is 16.5. The zero-order valence-corrected chi connectivity index (χ0v) is 18.0. The highest BCUT2D eigenvalue weighted by Gasteiger charge is 2.27. The molecule has 33 heavy (non-hydrogen) atoms. The van der Waals surface area contributed by atoms with Crippen LogP contribution in [0.1, 0.15) is 33.5 Å². The molecule has 1 amide bonds. The van der Waals surface area contributed by atoms with Crippen LogP contribution in [0.2, 0.25) is 0 Å². The Bertz CT molecular complexity index is 1100. The quantitative estimate of drug-likeness (QED) is 0.436. The number of piperazine rings is 1. The van der Waals surface area contributed by atoms with Crippen LogP contribution in [-0.4, -0.2) is 57.2 Å². The fourth-order valence-electron chi connectivity index (χ4n) is 3.76. The van der Waals surface area contributed by atoms with Crippen LogP contribution >= 0.6 is 0 Å². The van der Waals surface area contributed by atoms with Crippen molar-refractivity contribution in [3.8, 4) is 11.6 Å². The number of hydrogen-bond acceptors (Lipinski definition) is 7. The van der Waals surface area contributed by atoms with Crippen molar-refractivity contribution in [1.29, 1.82) is 0 Å². The van der Waals surface area contributed by atoms with Gasteiger partial charge in [-0.25, -0.2) is 9.37 Å². The molecule has 3 aromatic rings. The molecule has 1 aromatic heterocycles. The van der Waals surface area contributed by atoms with Crippen molar-refractivity contribution in [3.63, 3.8) is 0 Å². The lowest BCUT2D eigenvalue weighted by molar-refractivity contribution is 0.0940. The molecule has 1 unspecified atom stereocenters. The van der Waals surface area contributed by atoms with E-state index in [-0.39, 0.29) is 29.9 Å². The summed E-state index contributed by atoms with van der Waals surface area (Å²) in [5.41, 5.74) is 1.64. The second-order valence-electron chi connectivity index (χ2n) is 7.95. The van der Waals surface area contributed by atoms with Crippen LogP contribution in [0.15, 0.2) is 54.6 Å². The van der Waals surface area contributed by atoms with Gasteiger partial charge >= 0.3 is 0 Å². The van der Waals surface area contributed by atoms with Crippen LogP contribution in [0.25, 0.3) is 0 Å². The van der Waals surface area contributed by atoms with Crippen molar-refractivity contribution < 1.29 is 19.4 Å². The van der Waals surface area contributed by atoms with Gasteiger partial charge in [0.25, 0.3) is 11.8 Å². The average molecular weight is 452 g/mol. The van der Waals surface area contributed by atoms with Crippen LogP contribution in [0.3, 0.4) is 0 Å². The molecule has 1 saturated heterocycles. The summed E-state index contributed by atoms with van der Waals surface area (Å²) in [6.07, 6.45) is 0.909. The van der Waals surface area contributed by atoms with Gasteiger partial charge in [0, 0.05) is 32.7 Å². The molecular formula is C24H26FN5O3. The summed E-state index contributed by atoms with van der Waals surface area (Å²) in [4.78, 5) is 23.2. The SMILES string of the molecule is O=C(NCc1ccc(F)cc1)c1nc(C2CN(CCc3ccccc3)CCN2)nc(O)c1O. The van der Waals surface area contributed by atoms with E-state index in [1.165, 1.54) is 17.7 Å². The summed E-state index contributed by atoms with van der Waals surface area (Å²) in [5.74, 6) is -2.11. The second-order valence-corrected chi connectivity index (χ2v) is 7.95. The third-order valence-corrected chi connectivity index (χ3v) is 5.60. The summed E-state index contributed by atoms with van der Waals surface area (Å²) < 4.78 is 13.1. The molecule has 172 valence electrons. The smallest absolute Gasteiger partial charge is 0.274 e. The molecule has 8 nitrogen and oxygen atoms in total. The predicted molar refractivity (Wildman–Crippen MR) is 120 cm³/mol. The van der Waals surface area contributed by atoms with Crippen molar-refractivity contribution in [2.75, 3.05) is 26.2 Å². The minimum absolute atomic E-state index is 0.119. The van der Waals surface area contributed by atoms with Crippen molar-refractivity contribution in [3.05, 3.63) is 83.1 Å². The molecule has 4 rings (SSSR count). The number of carbonyl (C=O) groups is 1. The molecule has 1 fully saturated rings. The lowest BCUT2D eigenvalue weighted by Crippen LogP contribution is -2.47. The van der Waals surface area contributed by atoms with Gasteiger partial charge in [-0.3, -0.25) is 9.69 Å². The number of aromatic hydroxyl groups is 2. The lowest BCUT2D eigenvalue weighted by atomic mass is 10.1. The number of nitrogens with zero attached hydrogens (tertiary/aromatic N) is 3. The summed E-state index contributed by atoms with van der Waals surface area (Å²) in [6.45, 7) is 3.15. The molecule has 0 saturated carbocycles. The topological polar surface area (TPSA) is 111 Å². The van der Waals surface area contributed by atoms with Gasteiger partial charge in [0.2, 0.25) is 5.75 Å². The molecule has 1 aliphatic rings. The van der Waals surface area contributed by atoms with Gasteiger partial charge in [-0.1, -0.05) is 42.5 Å². The Morgan fingerprint density at radius 2 is 1.85 bits per heavy atom. The van der Waals surface area contributed by atoms with Gasteiger partial charge in [0.1, 0.15) is 5.82 Å². The maximum Gasteiger partial charge on any atom is 0.274 e. The number of aromatic nitrogens is 2. The Hall–Kier alpha value is -3.56. The summed E-state index contributed by atoms with van der Waals surface area (Å²) in [7, 11) is 0. The van der Waals surface area contributed by atoms with Gasteiger partial charge < -0.3 is 20.8 Å². The molecule has 0 spiro atoms. The highest BCUT2D eigenvalue weighted by molar-refractivity contribution is 5.95. The van der Waals surface area contributed by atoms with Gasteiger partial charge in [0.05, 0.1) is 6.04 Å². The van der Waals surface area contributed by atoms with E-state index in [0.29, 0.717) is 18.7 Å². The van der Waals surface area contributed by atoms with Crippen LogP contribution in [0.5, 0.6) is 11.6 Å². The first-order valence-electron chi connectivity index (χ1n) is 10.8. The fourth-order valence-corrected chi connectivity index (χ4v) is 3.76. The maximum atomic E-state index is 13.1. The van der Waals surface area contributed by atoms with E-state index in [4.69, 9.17) is 0 Å². The van der Waals surface area contributed by atoms with E-state index in [1.54, 1.807) is 12.1 Å². The number of carbonyl (C=O) groups excluding carboxylic acids is 1. The molecule has 0 aliphatic carbocycles. The molecular weight excluding hydrogens is 425 g/mol. The van der Waals surface area contributed by atoms with Crippen LogP contribution in [0, 0.1) is 5.82 Å². The van der Waals surface area contributed by atoms with E-state index >= 15 is 0 Å². The Kier molecular flexibility index (Phi) is 7.11. The Morgan fingerprint density at radius 3 is 2.61 bits per heavy atom. The van der Waals surface area contributed by atoms with E-state index in [0.717, 1.165) is 19.5 Å². The van der Waals surface area contributed by atoms with Crippen LogP contribution < -0.4 is 10.6 Å². The zero-order valence-electron chi connectivity index (χ0n) is 18.0. The van der Waals surface area contributed by atoms with Crippen molar-refractivity contribution >= 4 is 5.91 Å². The minimum atomic E-state index is -0.674. The molecule has 2 aromatic carbocycles. The Balaban J connectivity index is 1.43. The molecule has 0 bridgehead atoms. The second kappa shape index (κ2) is 10.4. The molecule has 9 heteroatoms. The van der Waals surface area contributed by atoms with Crippen molar-refractivity contribution in [2.24, 2.45) is 0 Å². The zero-order chi connectivity index (χ0) is 23.2. The van der Waals surface area contributed by atoms with Gasteiger partial charge in [-0.15, -0.1) is 0 Å². The first kappa shape index (κ1) is 22.6. The number of hydrogen-bond donors (Lipinski definition) is 4. The monoisotopic (exact) mass is 451 g/mol. The molecule has 1 atom stereocenters. The average Bonchev–Trinajstić information content (AvgIpc) is 2.84. The summed E-state index contributed by atoms with van der Waals surface area (Å²) in [6, 6.07) is 15.6. The van der Waals surface area contributed by atoms with Gasteiger partial charge in [-0.05, 0) is 29.7 Å². The van der Waals surface area contributed by atoms with Gasteiger partial charge in [-0.2, -0.15) is 4.98 Å². The van der Waals surface area contributed by atoms with E-state index in [2.05, 4.69) is 37.6 Å².